The lowest BCUT2D eigenvalue weighted by Gasteiger charge is -2.28. The van der Waals surface area contributed by atoms with Crippen LogP contribution >= 0.6 is 12.0 Å². The van der Waals surface area contributed by atoms with Gasteiger partial charge < -0.3 is 9.87 Å². The number of Topliss-reactive ketones (excluding diaryl/α,β-unsaturated/α-hetero) is 1. The summed E-state index contributed by atoms with van der Waals surface area (Å²) in [6.07, 6.45) is 5.67. The highest BCUT2D eigenvalue weighted by Gasteiger charge is 2.34. The summed E-state index contributed by atoms with van der Waals surface area (Å²) < 4.78 is 8.82. The molecule has 0 aliphatic heterocycles. The minimum Gasteiger partial charge on any atom is -0.330 e. The zero-order valence-corrected chi connectivity index (χ0v) is 9.05. The van der Waals surface area contributed by atoms with Crippen molar-refractivity contribution in [1.82, 2.24) is 5.32 Å². The minimum absolute atomic E-state index is 0.109. The van der Waals surface area contributed by atoms with Crippen LogP contribution in [0.1, 0.15) is 32.1 Å². The second kappa shape index (κ2) is 4.64. The van der Waals surface area contributed by atoms with E-state index in [9.17, 15) is 4.79 Å². The normalized spacial score (nSPS) is 24.4. The second-order valence-electron chi connectivity index (χ2n) is 4.32. The van der Waals surface area contributed by atoms with Gasteiger partial charge in [0.1, 0.15) is 0 Å². The van der Waals surface area contributed by atoms with Crippen molar-refractivity contribution in [3.8, 4) is 0 Å². The summed E-state index contributed by atoms with van der Waals surface area (Å²) in [7, 11) is 0. The molecule has 0 radical (unpaired) electrons. The van der Waals surface area contributed by atoms with Gasteiger partial charge in [-0.3, -0.25) is 4.79 Å². The first-order valence-electron chi connectivity index (χ1n) is 5.37. The Morgan fingerprint density at radius 3 is 2.57 bits per heavy atom. The topological polar surface area (TPSA) is 49.3 Å². The van der Waals surface area contributed by atoms with Gasteiger partial charge >= 0.3 is 0 Å². The fourth-order valence-electron chi connectivity index (χ4n) is 1.80. The summed E-state index contributed by atoms with van der Waals surface area (Å²) in [5.74, 6) is 1.11. The molecule has 2 aliphatic carbocycles. The molecular formula is C10H17NO2S. The minimum atomic E-state index is -0.109. The van der Waals surface area contributed by atoms with E-state index >= 15 is 0 Å². The predicted molar refractivity (Wildman–Crippen MR) is 57.4 cm³/mol. The molecule has 4 heteroatoms. The summed E-state index contributed by atoms with van der Waals surface area (Å²) >= 11 is 0.776. The number of nitrogens with one attached hydrogen (secondary N) is 1. The summed E-state index contributed by atoms with van der Waals surface area (Å²) in [6.45, 7) is 0. The van der Waals surface area contributed by atoms with Gasteiger partial charge in [0.2, 0.25) is 0 Å². The van der Waals surface area contributed by atoms with Crippen molar-refractivity contribution >= 4 is 17.8 Å². The first-order valence-corrected chi connectivity index (χ1v) is 6.31. The van der Waals surface area contributed by atoms with E-state index in [0.717, 1.165) is 24.9 Å². The molecule has 1 unspecified atom stereocenters. The van der Waals surface area contributed by atoms with Crippen molar-refractivity contribution in [3.63, 3.8) is 0 Å². The molecule has 14 heavy (non-hydrogen) atoms. The highest BCUT2D eigenvalue weighted by Crippen LogP contribution is 2.29. The molecule has 0 aromatic rings. The highest BCUT2D eigenvalue weighted by atomic mass is 32.2. The summed E-state index contributed by atoms with van der Waals surface area (Å²) in [5, 5.41) is 3.31. The maximum atomic E-state index is 11.9. The van der Waals surface area contributed by atoms with E-state index in [1.165, 1.54) is 19.3 Å². The number of ketones is 1. The molecule has 2 N–H and O–H groups in total. The van der Waals surface area contributed by atoms with E-state index in [1.807, 2.05) is 0 Å². The number of carbonyl (C=O) groups excluding carboxylic acids is 1. The van der Waals surface area contributed by atoms with Gasteiger partial charge in [-0.15, -0.1) is 0 Å². The molecule has 1 atom stereocenters. The van der Waals surface area contributed by atoms with Crippen LogP contribution in [0.3, 0.4) is 0 Å². The van der Waals surface area contributed by atoms with Crippen LogP contribution in [-0.2, 0) is 4.79 Å². The zero-order valence-electron chi connectivity index (χ0n) is 8.24. The number of carbonyl (C=O) groups is 1. The third kappa shape index (κ3) is 2.49. The van der Waals surface area contributed by atoms with Gasteiger partial charge in [0, 0.05) is 17.7 Å². The third-order valence-corrected chi connectivity index (χ3v) is 3.59. The Morgan fingerprint density at radius 2 is 2.14 bits per heavy atom. The van der Waals surface area contributed by atoms with Crippen molar-refractivity contribution in [2.75, 3.05) is 5.75 Å². The van der Waals surface area contributed by atoms with Crippen LogP contribution in [0.4, 0.5) is 0 Å². The molecule has 0 aromatic heterocycles. The molecule has 80 valence electrons. The average molecular weight is 215 g/mol. The Labute approximate surface area is 88.8 Å². The van der Waals surface area contributed by atoms with E-state index in [1.54, 1.807) is 0 Å². The first-order chi connectivity index (χ1) is 6.81. The van der Waals surface area contributed by atoms with E-state index in [-0.39, 0.29) is 12.0 Å². The van der Waals surface area contributed by atoms with Crippen molar-refractivity contribution in [2.45, 2.75) is 44.2 Å². The van der Waals surface area contributed by atoms with Gasteiger partial charge in [-0.25, -0.2) is 0 Å². The molecule has 2 rings (SSSR count). The van der Waals surface area contributed by atoms with E-state index in [4.69, 9.17) is 4.55 Å². The SMILES string of the molecule is O=C(C1CCC1)C(CSO)NC1CC1. The van der Waals surface area contributed by atoms with Crippen molar-refractivity contribution < 1.29 is 9.35 Å². The molecule has 2 aliphatic rings. The largest absolute Gasteiger partial charge is 0.330 e. The van der Waals surface area contributed by atoms with Crippen molar-refractivity contribution in [1.29, 1.82) is 0 Å². The van der Waals surface area contributed by atoms with Gasteiger partial charge in [0.25, 0.3) is 0 Å². The lowest BCUT2D eigenvalue weighted by Crippen LogP contribution is -2.44. The average Bonchev–Trinajstić information content (AvgIpc) is 2.84. The molecule has 0 spiro atoms. The Hall–Kier alpha value is -0.0600. The molecular weight excluding hydrogens is 198 g/mol. The predicted octanol–water partition coefficient (Wildman–Crippen LogP) is 1.68. The molecule has 0 amide bonds. The van der Waals surface area contributed by atoms with E-state index in [2.05, 4.69) is 5.32 Å². The standard InChI is InChI=1S/C10H17NO2S/c12-10(7-2-1-3-7)9(6-14-13)11-8-4-5-8/h7-9,11,13H,1-6H2. The third-order valence-electron chi connectivity index (χ3n) is 3.11. The van der Waals surface area contributed by atoms with Crippen LogP contribution in [0.15, 0.2) is 0 Å². The van der Waals surface area contributed by atoms with Gasteiger partial charge in [-0.2, -0.15) is 0 Å². The van der Waals surface area contributed by atoms with Gasteiger partial charge in [-0.1, -0.05) is 6.42 Å². The maximum Gasteiger partial charge on any atom is 0.153 e. The fraction of sp³-hybridized carbons (Fsp3) is 0.900. The summed E-state index contributed by atoms with van der Waals surface area (Å²) in [4.78, 5) is 11.9. The van der Waals surface area contributed by atoms with Crippen LogP contribution in [0.2, 0.25) is 0 Å². The highest BCUT2D eigenvalue weighted by molar-refractivity contribution is 7.93. The molecule has 0 saturated heterocycles. The van der Waals surface area contributed by atoms with Gasteiger partial charge in [0.05, 0.1) is 6.04 Å². The van der Waals surface area contributed by atoms with Gasteiger partial charge in [0.15, 0.2) is 5.78 Å². The molecule has 0 heterocycles. The summed E-state index contributed by atoms with van der Waals surface area (Å²) in [5.41, 5.74) is 0. The Morgan fingerprint density at radius 1 is 1.43 bits per heavy atom. The number of rotatable bonds is 6. The Bertz CT molecular complexity index is 214. The molecule has 0 bridgehead atoms. The lowest BCUT2D eigenvalue weighted by molar-refractivity contribution is -0.126. The maximum absolute atomic E-state index is 11.9. The molecule has 2 fully saturated rings. The van der Waals surface area contributed by atoms with Crippen LogP contribution in [-0.4, -0.2) is 28.2 Å². The smallest absolute Gasteiger partial charge is 0.153 e. The second-order valence-corrected chi connectivity index (χ2v) is 4.91. The zero-order chi connectivity index (χ0) is 9.97. The quantitative estimate of drug-likeness (QED) is 0.662. The van der Waals surface area contributed by atoms with E-state index < -0.39 is 0 Å². The van der Waals surface area contributed by atoms with Crippen molar-refractivity contribution in [3.05, 3.63) is 0 Å². The molecule has 0 aromatic carbocycles. The fourth-order valence-corrected chi connectivity index (χ4v) is 2.21. The lowest BCUT2D eigenvalue weighted by atomic mass is 9.80. The monoisotopic (exact) mass is 215 g/mol. The van der Waals surface area contributed by atoms with Crippen LogP contribution < -0.4 is 5.32 Å². The molecule has 3 nitrogen and oxygen atoms in total. The van der Waals surface area contributed by atoms with Gasteiger partial charge in [-0.05, 0) is 37.7 Å². The van der Waals surface area contributed by atoms with Crippen LogP contribution in [0.5, 0.6) is 0 Å². The van der Waals surface area contributed by atoms with Crippen molar-refractivity contribution in [2.24, 2.45) is 5.92 Å². The Balaban J connectivity index is 1.82. The summed E-state index contributed by atoms with van der Waals surface area (Å²) in [6, 6.07) is 0.430. The molecule has 2 saturated carbocycles. The number of hydrogen-bond acceptors (Lipinski definition) is 4. The van der Waals surface area contributed by atoms with Crippen LogP contribution in [0.25, 0.3) is 0 Å². The van der Waals surface area contributed by atoms with Crippen LogP contribution in [0, 0.1) is 5.92 Å². The van der Waals surface area contributed by atoms with E-state index in [0.29, 0.717) is 17.6 Å². The number of hydrogen-bond donors (Lipinski definition) is 2. The Kier molecular flexibility index (Phi) is 3.47. The first kappa shape index (κ1) is 10.5.